The first kappa shape index (κ1) is 16.0. The number of hydrogen-bond donors (Lipinski definition) is 1. The molecule has 1 saturated heterocycles. The number of nitrogens with one attached hydrogen (secondary N) is 1. The van der Waals surface area contributed by atoms with Crippen LogP contribution in [0.1, 0.15) is 37.3 Å². The monoisotopic (exact) mass is 336 g/mol. The highest BCUT2D eigenvalue weighted by molar-refractivity contribution is 7.99. The van der Waals surface area contributed by atoms with Gasteiger partial charge in [-0.05, 0) is 30.2 Å². The summed E-state index contributed by atoms with van der Waals surface area (Å²) in [5, 5.41) is 2.89. The Kier molecular flexibility index (Phi) is 4.66. The first-order chi connectivity index (χ1) is 11.0. The van der Waals surface area contributed by atoms with Crippen LogP contribution in [0.5, 0.6) is 0 Å². The van der Waals surface area contributed by atoms with E-state index in [4.69, 9.17) is 0 Å². The Labute approximate surface area is 137 Å². The Morgan fingerprint density at radius 2 is 2.04 bits per heavy atom. The lowest BCUT2D eigenvalue weighted by molar-refractivity contribution is -0.138. The van der Waals surface area contributed by atoms with Gasteiger partial charge in [-0.15, -0.1) is 11.8 Å². The Morgan fingerprint density at radius 3 is 2.78 bits per heavy atom. The van der Waals surface area contributed by atoms with Crippen molar-refractivity contribution in [2.75, 3.05) is 12.3 Å². The molecule has 3 rings (SSSR count). The summed E-state index contributed by atoms with van der Waals surface area (Å²) in [7, 11) is 0. The van der Waals surface area contributed by atoms with Crippen molar-refractivity contribution in [1.82, 2.24) is 10.2 Å². The first-order valence-electron chi connectivity index (χ1n) is 7.59. The third kappa shape index (κ3) is 3.55. The largest absolute Gasteiger partial charge is 0.349 e. The molecule has 2 heterocycles. The SMILES string of the molecule is O=C(CCN1C(=O)CCC1=O)NC1CCSc2ccc(F)cc21. The van der Waals surface area contributed by atoms with Gasteiger partial charge in [-0.2, -0.15) is 0 Å². The predicted octanol–water partition coefficient (Wildman–Crippen LogP) is 2.02. The maximum Gasteiger partial charge on any atom is 0.229 e. The van der Waals surface area contributed by atoms with Crippen LogP contribution >= 0.6 is 11.8 Å². The number of halogens is 1. The lowest BCUT2D eigenvalue weighted by Crippen LogP contribution is -2.36. The zero-order chi connectivity index (χ0) is 16.4. The van der Waals surface area contributed by atoms with Crippen molar-refractivity contribution in [2.24, 2.45) is 0 Å². The molecule has 2 aliphatic heterocycles. The Bertz CT molecular complexity index is 649. The van der Waals surface area contributed by atoms with Gasteiger partial charge in [0, 0.05) is 36.5 Å². The highest BCUT2D eigenvalue weighted by Crippen LogP contribution is 2.36. The van der Waals surface area contributed by atoms with Crippen LogP contribution in [0.2, 0.25) is 0 Å². The summed E-state index contributed by atoms with van der Waals surface area (Å²) in [6.07, 6.45) is 1.26. The average molecular weight is 336 g/mol. The molecule has 0 aliphatic carbocycles. The summed E-state index contributed by atoms with van der Waals surface area (Å²) in [4.78, 5) is 37.3. The van der Waals surface area contributed by atoms with Crippen LogP contribution in [0.25, 0.3) is 0 Å². The molecule has 1 N–H and O–H groups in total. The van der Waals surface area contributed by atoms with Gasteiger partial charge in [-0.25, -0.2) is 4.39 Å². The number of fused-ring (bicyclic) bond motifs is 1. The molecule has 2 aliphatic rings. The van der Waals surface area contributed by atoms with Crippen molar-refractivity contribution in [3.63, 3.8) is 0 Å². The van der Waals surface area contributed by atoms with Crippen molar-refractivity contribution in [3.05, 3.63) is 29.6 Å². The minimum Gasteiger partial charge on any atom is -0.349 e. The zero-order valence-corrected chi connectivity index (χ0v) is 13.3. The summed E-state index contributed by atoms with van der Waals surface area (Å²) in [6, 6.07) is 4.38. The fraction of sp³-hybridized carbons (Fsp3) is 0.438. The maximum atomic E-state index is 13.4. The van der Waals surface area contributed by atoms with E-state index in [0.717, 1.165) is 27.5 Å². The topological polar surface area (TPSA) is 66.5 Å². The van der Waals surface area contributed by atoms with Crippen molar-refractivity contribution < 1.29 is 18.8 Å². The normalized spacial score (nSPS) is 20.6. The molecular formula is C16H17FN2O3S. The van der Waals surface area contributed by atoms with E-state index in [1.54, 1.807) is 17.8 Å². The van der Waals surface area contributed by atoms with Gasteiger partial charge in [0.15, 0.2) is 0 Å². The summed E-state index contributed by atoms with van der Waals surface area (Å²) < 4.78 is 13.4. The highest BCUT2D eigenvalue weighted by atomic mass is 32.2. The van der Waals surface area contributed by atoms with Crippen LogP contribution in [-0.4, -0.2) is 34.9 Å². The minimum absolute atomic E-state index is 0.0752. The number of amides is 3. The Hall–Kier alpha value is -1.89. The minimum atomic E-state index is -0.321. The van der Waals surface area contributed by atoms with E-state index in [-0.39, 0.29) is 55.4 Å². The zero-order valence-electron chi connectivity index (χ0n) is 12.5. The molecule has 122 valence electrons. The molecule has 5 nitrogen and oxygen atoms in total. The van der Waals surface area contributed by atoms with Gasteiger partial charge >= 0.3 is 0 Å². The van der Waals surface area contributed by atoms with Crippen LogP contribution in [0, 0.1) is 5.82 Å². The van der Waals surface area contributed by atoms with Crippen LogP contribution in [-0.2, 0) is 14.4 Å². The number of carbonyl (C=O) groups excluding carboxylic acids is 3. The molecule has 23 heavy (non-hydrogen) atoms. The first-order valence-corrected chi connectivity index (χ1v) is 8.58. The van der Waals surface area contributed by atoms with Gasteiger partial charge in [0.05, 0.1) is 6.04 Å². The smallest absolute Gasteiger partial charge is 0.229 e. The van der Waals surface area contributed by atoms with Gasteiger partial charge in [-0.1, -0.05) is 0 Å². The number of thioether (sulfide) groups is 1. The second-order valence-electron chi connectivity index (χ2n) is 5.63. The maximum absolute atomic E-state index is 13.4. The predicted molar refractivity (Wildman–Crippen MR) is 83.2 cm³/mol. The highest BCUT2D eigenvalue weighted by Gasteiger charge is 2.29. The molecule has 0 spiro atoms. The summed E-state index contributed by atoms with van der Waals surface area (Å²) in [6.45, 7) is 0.112. The van der Waals surface area contributed by atoms with Gasteiger partial charge in [0.2, 0.25) is 17.7 Å². The van der Waals surface area contributed by atoms with Gasteiger partial charge in [-0.3, -0.25) is 19.3 Å². The van der Waals surface area contributed by atoms with Gasteiger partial charge < -0.3 is 5.32 Å². The van der Waals surface area contributed by atoms with Crippen LogP contribution in [0.15, 0.2) is 23.1 Å². The summed E-state index contributed by atoms with van der Waals surface area (Å²) >= 11 is 1.65. The molecule has 1 atom stereocenters. The molecular weight excluding hydrogens is 319 g/mol. The van der Waals surface area contributed by atoms with Crippen LogP contribution in [0.3, 0.4) is 0 Å². The molecule has 7 heteroatoms. The van der Waals surface area contributed by atoms with E-state index in [1.165, 1.54) is 12.1 Å². The molecule has 1 fully saturated rings. The Morgan fingerprint density at radius 1 is 1.30 bits per heavy atom. The lowest BCUT2D eigenvalue weighted by Gasteiger charge is -2.26. The second-order valence-corrected chi connectivity index (χ2v) is 6.77. The molecule has 0 bridgehead atoms. The quantitative estimate of drug-likeness (QED) is 0.854. The Balaban J connectivity index is 1.60. The van der Waals surface area contributed by atoms with E-state index < -0.39 is 0 Å². The van der Waals surface area contributed by atoms with Crippen molar-refractivity contribution in [1.29, 1.82) is 0 Å². The lowest BCUT2D eigenvalue weighted by atomic mass is 10.0. The van der Waals surface area contributed by atoms with Gasteiger partial charge in [0.1, 0.15) is 5.82 Å². The number of carbonyl (C=O) groups is 3. The number of likely N-dealkylation sites (tertiary alicyclic amines) is 1. The van der Waals surface area contributed by atoms with Crippen LogP contribution in [0.4, 0.5) is 4.39 Å². The van der Waals surface area contributed by atoms with Gasteiger partial charge in [0.25, 0.3) is 0 Å². The van der Waals surface area contributed by atoms with E-state index in [9.17, 15) is 18.8 Å². The molecule has 1 aromatic carbocycles. The van der Waals surface area contributed by atoms with E-state index in [1.807, 2.05) is 0 Å². The molecule has 1 aromatic rings. The number of hydrogen-bond acceptors (Lipinski definition) is 4. The van der Waals surface area contributed by atoms with E-state index in [0.29, 0.717) is 0 Å². The molecule has 0 radical (unpaired) electrons. The fourth-order valence-corrected chi connectivity index (χ4v) is 3.97. The summed E-state index contributed by atoms with van der Waals surface area (Å²) in [5.41, 5.74) is 0.794. The average Bonchev–Trinajstić information content (AvgIpc) is 2.84. The van der Waals surface area contributed by atoms with E-state index in [2.05, 4.69) is 5.32 Å². The third-order valence-corrected chi connectivity index (χ3v) is 5.19. The number of nitrogens with zero attached hydrogens (tertiary/aromatic N) is 1. The molecule has 3 amide bonds. The second kappa shape index (κ2) is 6.70. The molecule has 1 unspecified atom stereocenters. The fourth-order valence-electron chi connectivity index (χ4n) is 2.87. The van der Waals surface area contributed by atoms with Crippen LogP contribution < -0.4 is 5.32 Å². The molecule has 0 aromatic heterocycles. The number of rotatable bonds is 4. The standard InChI is InChI=1S/C16H17FN2O3S/c17-10-1-2-13-11(9-10)12(6-8-23-13)18-14(20)5-7-19-15(21)3-4-16(19)22/h1-2,9,12H,3-8H2,(H,18,20). The summed E-state index contributed by atoms with van der Waals surface area (Å²) in [5.74, 6) is -0.135. The molecule has 0 saturated carbocycles. The van der Waals surface area contributed by atoms with Crippen molar-refractivity contribution in [2.45, 2.75) is 36.6 Å². The van der Waals surface area contributed by atoms with E-state index >= 15 is 0 Å². The van der Waals surface area contributed by atoms with Crippen molar-refractivity contribution >= 4 is 29.5 Å². The number of benzene rings is 1. The van der Waals surface area contributed by atoms with Crippen molar-refractivity contribution in [3.8, 4) is 0 Å². The third-order valence-electron chi connectivity index (χ3n) is 4.06. The number of imide groups is 1.